The number of carbonyl (C=O) groups is 1. The van der Waals surface area contributed by atoms with E-state index in [2.05, 4.69) is 10.0 Å². The largest absolute Gasteiger partial charge is 0.347 e. The van der Waals surface area contributed by atoms with Crippen LogP contribution in [0.25, 0.3) is 0 Å². The minimum absolute atomic E-state index is 0.0618. The molecule has 6 heteroatoms. The van der Waals surface area contributed by atoms with Gasteiger partial charge in [-0.2, -0.15) is 0 Å². The van der Waals surface area contributed by atoms with Gasteiger partial charge in [-0.1, -0.05) is 19.9 Å². The Bertz CT molecular complexity index is 595. The number of amides is 1. The minimum Gasteiger partial charge on any atom is -0.347 e. The van der Waals surface area contributed by atoms with Crippen molar-refractivity contribution < 1.29 is 13.2 Å². The molecule has 0 aromatic heterocycles. The molecule has 0 atom stereocenters. The van der Waals surface area contributed by atoms with Gasteiger partial charge in [0.05, 0.1) is 5.75 Å². The smallest absolute Gasteiger partial charge is 0.251 e. The fourth-order valence-corrected chi connectivity index (χ4v) is 2.82. The molecule has 0 aliphatic rings. The molecule has 1 aromatic carbocycles. The van der Waals surface area contributed by atoms with E-state index in [0.29, 0.717) is 17.7 Å². The van der Waals surface area contributed by atoms with Crippen molar-refractivity contribution in [3.63, 3.8) is 0 Å². The first-order valence-corrected chi connectivity index (χ1v) is 8.77. The molecule has 0 heterocycles. The van der Waals surface area contributed by atoms with E-state index in [4.69, 9.17) is 0 Å². The van der Waals surface area contributed by atoms with Gasteiger partial charge in [-0.25, -0.2) is 8.42 Å². The summed E-state index contributed by atoms with van der Waals surface area (Å²) in [4.78, 5) is 12.2. The molecule has 0 aliphatic heterocycles. The first kappa shape index (κ1) is 17.5. The lowest BCUT2D eigenvalue weighted by molar-refractivity contribution is 0.0911. The summed E-state index contributed by atoms with van der Waals surface area (Å²) in [5.74, 6) is -0.148. The zero-order valence-corrected chi connectivity index (χ0v) is 13.9. The maximum atomic E-state index is 12.2. The summed E-state index contributed by atoms with van der Waals surface area (Å²) in [6, 6.07) is 6.51. The second kappa shape index (κ2) is 6.93. The highest BCUT2D eigenvalue weighted by atomic mass is 32.2. The molecular weight excluding hydrogens is 288 g/mol. The van der Waals surface area contributed by atoms with Crippen molar-refractivity contribution in [1.29, 1.82) is 0 Å². The van der Waals surface area contributed by atoms with Crippen LogP contribution in [0.2, 0.25) is 0 Å². The summed E-state index contributed by atoms with van der Waals surface area (Å²) in [5.41, 5.74) is 0.549. The van der Waals surface area contributed by atoms with Crippen LogP contribution in [0.3, 0.4) is 0 Å². The number of rotatable bonds is 7. The van der Waals surface area contributed by atoms with Crippen LogP contribution < -0.4 is 10.0 Å². The third-order valence-electron chi connectivity index (χ3n) is 3.21. The average Bonchev–Trinajstić information content (AvgIpc) is 2.37. The predicted octanol–water partition coefficient (Wildman–Crippen LogP) is 2.76. The molecule has 1 amide bonds. The molecule has 21 heavy (non-hydrogen) atoms. The number of nitrogens with one attached hydrogen (secondary N) is 2. The van der Waals surface area contributed by atoms with Crippen molar-refractivity contribution in [2.45, 2.75) is 46.1 Å². The molecule has 5 nitrogen and oxygen atoms in total. The molecule has 0 unspecified atom stereocenters. The topological polar surface area (TPSA) is 75.3 Å². The molecule has 1 rings (SSSR count). The van der Waals surface area contributed by atoms with Crippen LogP contribution >= 0.6 is 0 Å². The minimum atomic E-state index is -3.35. The summed E-state index contributed by atoms with van der Waals surface area (Å²) >= 11 is 0. The number of carbonyl (C=O) groups excluding carboxylic acids is 1. The van der Waals surface area contributed by atoms with Crippen molar-refractivity contribution in [3.8, 4) is 0 Å². The summed E-state index contributed by atoms with van der Waals surface area (Å²) in [7, 11) is -3.35. The maximum absolute atomic E-state index is 12.2. The molecule has 0 spiro atoms. The van der Waals surface area contributed by atoms with Gasteiger partial charge in [-0.15, -0.1) is 0 Å². The first-order valence-electron chi connectivity index (χ1n) is 7.12. The summed E-state index contributed by atoms with van der Waals surface area (Å²) in [5, 5.41) is 2.92. The van der Waals surface area contributed by atoms with Crippen molar-refractivity contribution in [2.75, 3.05) is 10.5 Å². The SMILES string of the molecule is CCCS(=O)(=O)Nc1cccc(C(=O)NC(C)(C)CC)c1. The molecular formula is C15H24N2O3S. The number of sulfonamides is 1. The Balaban J connectivity index is 2.88. The summed E-state index contributed by atoms with van der Waals surface area (Å²) in [6.07, 6.45) is 1.35. The van der Waals surface area contributed by atoms with E-state index in [0.717, 1.165) is 6.42 Å². The molecule has 2 N–H and O–H groups in total. The zero-order chi connectivity index (χ0) is 16.1. The van der Waals surface area contributed by atoms with Crippen molar-refractivity contribution >= 4 is 21.6 Å². The maximum Gasteiger partial charge on any atom is 0.251 e. The van der Waals surface area contributed by atoms with E-state index in [1.807, 2.05) is 20.8 Å². The summed E-state index contributed by atoms with van der Waals surface area (Å²) < 4.78 is 26.0. The van der Waals surface area contributed by atoms with Gasteiger partial charge in [-0.3, -0.25) is 9.52 Å². The molecule has 0 radical (unpaired) electrons. The normalized spacial score (nSPS) is 12.0. The number of hydrogen-bond donors (Lipinski definition) is 2. The lowest BCUT2D eigenvalue weighted by Crippen LogP contribution is -2.42. The van der Waals surface area contributed by atoms with Crippen LogP contribution in [0.1, 0.15) is 50.9 Å². The van der Waals surface area contributed by atoms with Crippen LogP contribution in [-0.4, -0.2) is 25.6 Å². The Morgan fingerprint density at radius 2 is 1.90 bits per heavy atom. The van der Waals surface area contributed by atoms with Gasteiger partial charge >= 0.3 is 0 Å². The Morgan fingerprint density at radius 1 is 1.24 bits per heavy atom. The van der Waals surface area contributed by atoms with E-state index in [1.54, 1.807) is 31.2 Å². The Labute approximate surface area is 127 Å². The van der Waals surface area contributed by atoms with Gasteiger partial charge in [0.15, 0.2) is 0 Å². The summed E-state index contributed by atoms with van der Waals surface area (Å²) in [6.45, 7) is 7.68. The second-order valence-corrected chi connectivity index (χ2v) is 7.54. The third-order valence-corrected chi connectivity index (χ3v) is 4.70. The lowest BCUT2D eigenvalue weighted by Gasteiger charge is -2.24. The molecule has 0 saturated carbocycles. The van der Waals surface area contributed by atoms with Crippen LogP contribution in [-0.2, 0) is 10.0 Å². The molecule has 0 fully saturated rings. The molecule has 0 saturated heterocycles. The number of hydrogen-bond acceptors (Lipinski definition) is 3. The van der Waals surface area contributed by atoms with E-state index < -0.39 is 10.0 Å². The average molecular weight is 312 g/mol. The first-order chi connectivity index (χ1) is 9.69. The van der Waals surface area contributed by atoms with E-state index >= 15 is 0 Å². The van der Waals surface area contributed by atoms with Crippen LogP contribution in [0.15, 0.2) is 24.3 Å². The Kier molecular flexibility index (Phi) is 5.78. The number of anilines is 1. The highest BCUT2D eigenvalue weighted by Crippen LogP contribution is 2.15. The molecule has 0 bridgehead atoms. The highest BCUT2D eigenvalue weighted by Gasteiger charge is 2.19. The lowest BCUT2D eigenvalue weighted by atomic mass is 10.0. The Hall–Kier alpha value is -1.56. The van der Waals surface area contributed by atoms with Crippen LogP contribution in [0.4, 0.5) is 5.69 Å². The van der Waals surface area contributed by atoms with Gasteiger partial charge in [0.25, 0.3) is 5.91 Å². The fourth-order valence-electron chi connectivity index (χ4n) is 1.69. The second-order valence-electron chi connectivity index (χ2n) is 5.69. The van der Waals surface area contributed by atoms with Crippen molar-refractivity contribution in [3.05, 3.63) is 29.8 Å². The van der Waals surface area contributed by atoms with Crippen molar-refractivity contribution in [1.82, 2.24) is 5.32 Å². The van der Waals surface area contributed by atoms with Gasteiger partial charge < -0.3 is 5.32 Å². The Morgan fingerprint density at radius 3 is 2.48 bits per heavy atom. The molecule has 0 aliphatic carbocycles. The standard InChI is InChI=1S/C15H24N2O3S/c1-5-10-21(19,20)17-13-9-7-8-12(11-13)14(18)16-15(3,4)6-2/h7-9,11,17H,5-6,10H2,1-4H3,(H,16,18). The highest BCUT2D eigenvalue weighted by molar-refractivity contribution is 7.92. The van der Waals surface area contributed by atoms with E-state index in [1.165, 1.54) is 0 Å². The van der Waals surface area contributed by atoms with Crippen molar-refractivity contribution in [2.24, 2.45) is 0 Å². The van der Waals surface area contributed by atoms with Crippen LogP contribution in [0, 0.1) is 0 Å². The van der Waals surface area contributed by atoms with Gasteiger partial charge in [0.2, 0.25) is 10.0 Å². The molecule has 118 valence electrons. The van der Waals surface area contributed by atoms with Gasteiger partial charge in [0.1, 0.15) is 0 Å². The van der Waals surface area contributed by atoms with Gasteiger partial charge in [-0.05, 0) is 44.9 Å². The predicted molar refractivity (Wildman–Crippen MR) is 86.0 cm³/mol. The fraction of sp³-hybridized carbons (Fsp3) is 0.533. The van der Waals surface area contributed by atoms with E-state index in [9.17, 15) is 13.2 Å². The molecule has 1 aromatic rings. The monoisotopic (exact) mass is 312 g/mol. The van der Waals surface area contributed by atoms with Crippen LogP contribution in [0.5, 0.6) is 0 Å². The zero-order valence-electron chi connectivity index (χ0n) is 13.1. The quantitative estimate of drug-likeness (QED) is 0.813. The van der Waals surface area contributed by atoms with Gasteiger partial charge in [0, 0.05) is 16.8 Å². The van der Waals surface area contributed by atoms with E-state index in [-0.39, 0.29) is 17.2 Å². The number of benzene rings is 1. The third kappa shape index (κ3) is 5.75.